The fourth-order valence-electron chi connectivity index (χ4n) is 4.16. The molecule has 212 valence electrons. The van der Waals surface area contributed by atoms with Gasteiger partial charge in [-0.3, -0.25) is 14.9 Å². The molecule has 0 aliphatic carbocycles. The number of imide groups is 2. The number of halogens is 2. The quantitative estimate of drug-likeness (QED) is 0.167. The number of carbonyl (C=O) groups is 3. The number of hydrogen-bond acceptors (Lipinski definition) is 6. The summed E-state index contributed by atoms with van der Waals surface area (Å²) in [6, 6.07) is 25.1. The highest BCUT2D eigenvalue weighted by Gasteiger charge is 2.36. The summed E-state index contributed by atoms with van der Waals surface area (Å²) in [6.07, 6.45) is 1.39. The van der Waals surface area contributed by atoms with E-state index < -0.39 is 17.8 Å². The van der Waals surface area contributed by atoms with E-state index in [0.29, 0.717) is 32.9 Å². The Balaban J connectivity index is 1.31. The van der Waals surface area contributed by atoms with Gasteiger partial charge in [0.1, 0.15) is 24.5 Å². The molecule has 0 spiro atoms. The van der Waals surface area contributed by atoms with Crippen LogP contribution in [0, 0.1) is 0 Å². The van der Waals surface area contributed by atoms with Gasteiger partial charge in [-0.05, 0) is 71.8 Å². The number of nitrogens with zero attached hydrogens (tertiary/aromatic N) is 1. The molecule has 1 aliphatic rings. The summed E-state index contributed by atoms with van der Waals surface area (Å²) in [4.78, 5) is 39.6. The summed E-state index contributed by atoms with van der Waals surface area (Å²) in [6.45, 7) is 0.535. The van der Waals surface area contributed by atoms with Gasteiger partial charge in [-0.15, -0.1) is 0 Å². The lowest BCUT2D eigenvalue weighted by atomic mass is 10.1. The number of hydrogen-bond donors (Lipinski definition) is 1. The smallest absolute Gasteiger partial charge is 0.335 e. The Labute approximate surface area is 252 Å². The Morgan fingerprint density at radius 3 is 2.26 bits per heavy atom. The third kappa shape index (κ3) is 6.57. The molecule has 1 heterocycles. The van der Waals surface area contributed by atoms with Gasteiger partial charge < -0.3 is 14.2 Å². The van der Waals surface area contributed by atoms with Gasteiger partial charge in [-0.1, -0.05) is 59.6 Å². The molecule has 42 heavy (non-hydrogen) atoms. The number of carbonyl (C=O) groups excluding carboxylic acids is 3. The van der Waals surface area contributed by atoms with E-state index in [0.717, 1.165) is 16.0 Å². The highest BCUT2D eigenvalue weighted by molar-refractivity contribution is 6.39. The summed E-state index contributed by atoms with van der Waals surface area (Å²) in [5.74, 6) is -0.177. The van der Waals surface area contributed by atoms with Crippen LogP contribution in [-0.2, 0) is 22.8 Å². The van der Waals surface area contributed by atoms with E-state index in [2.05, 4.69) is 5.32 Å². The van der Waals surface area contributed by atoms with Crippen molar-refractivity contribution in [3.63, 3.8) is 0 Å². The maximum atomic E-state index is 13.4. The van der Waals surface area contributed by atoms with Crippen LogP contribution in [0.3, 0.4) is 0 Å². The van der Waals surface area contributed by atoms with E-state index in [4.69, 9.17) is 37.4 Å². The Kier molecular flexibility index (Phi) is 8.76. The van der Waals surface area contributed by atoms with E-state index in [1.165, 1.54) is 13.2 Å². The largest absolute Gasteiger partial charge is 0.493 e. The number of anilines is 1. The Morgan fingerprint density at radius 2 is 1.55 bits per heavy atom. The van der Waals surface area contributed by atoms with E-state index >= 15 is 0 Å². The Hall–Kier alpha value is -4.79. The Bertz CT molecular complexity index is 1670. The van der Waals surface area contributed by atoms with E-state index in [1.54, 1.807) is 60.7 Å². The fourth-order valence-corrected chi connectivity index (χ4v) is 4.48. The molecular weight excluding hydrogens is 579 g/mol. The third-order valence-corrected chi connectivity index (χ3v) is 6.98. The van der Waals surface area contributed by atoms with E-state index in [9.17, 15) is 14.4 Å². The number of amides is 4. The first-order chi connectivity index (χ1) is 20.3. The maximum Gasteiger partial charge on any atom is 0.335 e. The molecule has 10 heteroatoms. The first kappa shape index (κ1) is 28.7. The summed E-state index contributed by atoms with van der Waals surface area (Å²) >= 11 is 12.1. The van der Waals surface area contributed by atoms with Crippen molar-refractivity contribution in [1.82, 2.24) is 5.32 Å². The number of urea groups is 1. The lowest BCUT2D eigenvalue weighted by Crippen LogP contribution is -2.54. The topological polar surface area (TPSA) is 94.2 Å². The number of benzene rings is 4. The Morgan fingerprint density at radius 1 is 0.810 bits per heavy atom. The first-order valence-electron chi connectivity index (χ1n) is 12.8. The molecule has 0 aromatic heterocycles. The summed E-state index contributed by atoms with van der Waals surface area (Å²) < 4.78 is 17.1. The number of nitrogens with one attached hydrogen (secondary N) is 1. The van der Waals surface area contributed by atoms with Crippen molar-refractivity contribution in [3.05, 3.63) is 123 Å². The summed E-state index contributed by atoms with van der Waals surface area (Å²) in [7, 11) is 1.49. The number of methoxy groups -OCH3 is 1. The molecule has 5 rings (SSSR count). The predicted molar refractivity (Wildman–Crippen MR) is 160 cm³/mol. The van der Waals surface area contributed by atoms with Crippen LogP contribution in [0.5, 0.6) is 17.2 Å². The van der Waals surface area contributed by atoms with Gasteiger partial charge >= 0.3 is 6.03 Å². The van der Waals surface area contributed by atoms with Crippen LogP contribution < -0.4 is 24.4 Å². The summed E-state index contributed by atoms with van der Waals surface area (Å²) in [5.41, 5.74) is 2.29. The molecule has 4 aromatic rings. The average molecular weight is 603 g/mol. The average Bonchev–Trinajstić information content (AvgIpc) is 2.99. The van der Waals surface area contributed by atoms with Gasteiger partial charge in [0.15, 0.2) is 11.5 Å². The molecule has 0 bridgehead atoms. The highest BCUT2D eigenvalue weighted by atomic mass is 35.5. The zero-order valence-electron chi connectivity index (χ0n) is 22.3. The maximum absolute atomic E-state index is 13.4. The summed E-state index contributed by atoms with van der Waals surface area (Å²) in [5, 5.41) is 3.45. The van der Waals surface area contributed by atoms with Crippen LogP contribution in [-0.4, -0.2) is 25.0 Å². The fraction of sp³-hybridized carbons (Fsp3) is 0.0938. The van der Waals surface area contributed by atoms with Crippen molar-refractivity contribution in [2.45, 2.75) is 13.2 Å². The minimum Gasteiger partial charge on any atom is -0.493 e. The van der Waals surface area contributed by atoms with Crippen LogP contribution in [0.2, 0.25) is 10.0 Å². The standard InChI is InChI=1S/C32H24Cl2N2O6/c1-40-29-17-21(8-15-28(29)42-18-20-6-9-23(33)10-7-20)16-26-30(37)35-32(39)36(31(26)38)24-11-13-25(14-12-24)41-19-22-4-2-3-5-27(22)34/h2-17H,18-19H2,1H3,(H,35,37,39)/b26-16+. The highest BCUT2D eigenvalue weighted by Crippen LogP contribution is 2.31. The van der Waals surface area contributed by atoms with Crippen molar-refractivity contribution in [1.29, 1.82) is 0 Å². The van der Waals surface area contributed by atoms with Crippen LogP contribution in [0.15, 0.2) is 96.6 Å². The molecule has 0 atom stereocenters. The molecular formula is C32H24Cl2N2O6. The van der Waals surface area contributed by atoms with Crippen molar-refractivity contribution in [2.24, 2.45) is 0 Å². The van der Waals surface area contributed by atoms with Gasteiger partial charge in [0, 0.05) is 15.6 Å². The normalized spacial score (nSPS) is 14.1. The molecule has 1 aliphatic heterocycles. The van der Waals surface area contributed by atoms with Gasteiger partial charge in [0.05, 0.1) is 12.8 Å². The molecule has 1 saturated heterocycles. The van der Waals surface area contributed by atoms with Crippen LogP contribution in [0.25, 0.3) is 6.08 Å². The van der Waals surface area contributed by atoms with Crippen molar-refractivity contribution < 1.29 is 28.6 Å². The number of barbiturate groups is 1. The second kappa shape index (κ2) is 12.8. The van der Waals surface area contributed by atoms with E-state index in [-0.39, 0.29) is 24.5 Å². The first-order valence-corrected chi connectivity index (χ1v) is 13.5. The van der Waals surface area contributed by atoms with Gasteiger partial charge in [-0.25, -0.2) is 9.69 Å². The molecule has 0 saturated carbocycles. The lowest BCUT2D eigenvalue weighted by molar-refractivity contribution is -0.122. The van der Waals surface area contributed by atoms with Gasteiger partial charge in [0.25, 0.3) is 11.8 Å². The van der Waals surface area contributed by atoms with Gasteiger partial charge in [-0.2, -0.15) is 0 Å². The minimum absolute atomic E-state index is 0.217. The molecule has 1 N–H and O–H groups in total. The van der Waals surface area contributed by atoms with Crippen LogP contribution >= 0.6 is 23.2 Å². The second-order valence-corrected chi connectivity index (χ2v) is 10.0. The van der Waals surface area contributed by atoms with Gasteiger partial charge in [0.2, 0.25) is 0 Å². The molecule has 8 nitrogen and oxygen atoms in total. The lowest BCUT2D eigenvalue weighted by Gasteiger charge is -2.26. The zero-order chi connectivity index (χ0) is 29.6. The number of ether oxygens (including phenoxy) is 3. The molecule has 4 amide bonds. The van der Waals surface area contributed by atoms with Crippen molar-refractivity contribution in [3.8, 4) is 17.2 Å². The minimum atomic E-state index is -0.851. The molecule has 1 fully saturated rings. The van der Waals surface area contributed by atoms with Crippen molar-refractivity contribution >= 4 is 52.8 Å². The zero-order valence-corrected chi connectivity index (χ0v) is 23.8. The van der Waals surface area contributed by atoms with E-state index in [1.807, 2.05) is 30.3 Å². The molecule has 0 unspecified atom stereocenters. The van der Waals surface area contributed by atoms with Crippen molar-refractivity contribution in [2.75, 3.05) is 12.0 Å². The van der Waals surface area contributed by atoms with Crippen LogP contribution in [0.4, 0.5) is 10.5 Å². The third-order valence-electron chi connectivity index (χ3n) is 6.36. The second-order valence-electron chi connectivity index (χ2n) is 9.16. The van der Waals surface area contributed by atoms with Crippen LogP contribution in [0.1, 0.15) is 16.7 Å². The SMILES string of the molecule is COc1cc(/C=C2\C(=O)NC(=O)N(c3ccc(OCc4ccccc4Cl)cc3)C2=O)ccc1OCc1ccc(Cl)cc1. The molecule has 4 aromatic carbocycles. The molecule has 0 radical (unpaired) electrons. The monoisotopic (exact) mass is 602 g/mol. The predicted octanol–water partition coefficient (Wildman–Crippen LogP) is 6.83. The number of rotatable bonds is 9.